The van der Waals surface area contributed by atoms with E-state index in [1.807, 2.05) is 0 Å². The minimum atomic E-state index is 1.21. The van der Waals surface area contributed by atoms with E-state index in [9.17, 15) is 0 Å². The van der Waals surface area contributed by atoms with E-state index < -0.39 is 0 Å². The molecule has 0 spiro atoms. The summed E-state index contributed by atoms with van der Waals surface area (Å²) in [5.41, 5.74) is 3.32. The van der Waals surface area contributed by atoms with Crippen LogP contribution in [0.3, 0.4) is 0 Å². The zero-order valence-corrected chi connectivity index (χ0v) is 27.4. The normalized spacial score (nSPS) is 11.5. The van der Waals surface area contributed by atoms with Gasteiger partial charge in [0.1, 0.15) is 6.54 Å². The first-order valence-electron chi connectivity index (χ1n) is 18.3. The van der Waals surface area contributed by atoms with E-state index >= 15 is 0 Å². The molecule has 0 aliphatic rings. The van der Waals surface area contributed by atoms with E-state index in [0.29, 0.717) is 0 Å². The van der Waals surface area contributed by atoms with E-state index in [4.69, 9.17) is 0 Å². The topological polar surface area (TPSA) is 3.88 Å². The molecule has 0 aliphatic heterocycles. The van der Waals surface area contributed by atoms with E-state index in [2.05, 4.69) is 43.8 Å². The van der Waals surface area contributed by atoms with Crippen molar-refractivity contribution >= 4 is 0 Å². The Kier molecular flexibility index (Phi) is 26.6. The van der Waals surface area contributed by atoms with Crippen molar-refractivity contribution in [3.8, 4) is 0 Å². The predicted molar refractivity (Wildman–Crippen MR) is 176 cm³/mol. The van der Waals surface area contributed by atoms with Crippen LogP contribution in [0.1, 0.15) is 205 Å². The molecule has 228 valence electrons. The van der Waals surface area contributed by atoms with Crippen molar-refractivity contribution in [1.82, 2.24) is 0 Å². The van der Waals surface area contributed by atoms with Gasteiger partial charge in [0.2, 0.25) is 0 Å². The molecule has 0 fully saturated rings. The van der Waals surface area contributed by atoms with Gasteiger partial charge in [-0.05, 0) is 37.7 Å². The summed E-state index contributed by atoms with van der Waals surface area (Å²) < 4.78 is 2.52. The van der Waals surface area contributed by atoms with Crippen LogP contribution >= 0.6 is 0 Å². The third-order valence-electron chi connectivity index (χ3n) is 8.82. The molecule has 0 unspecified atom stereocenters. The summed E-state index contributed by atoms with van der Waals surface area (Å²) in [5, 5.41) is 0. The Morgan fingerprint density at radius 3 is 1.13 bits per heavy atom. The van der Waals surface area contributed by atoms with Gasteiger partial charge in [0.05, 0.1) is 0 Å². The number of aryl methyl sites for hydroxylation is 3. The minimum absolute atomic E-state index is 1.21. The Morgan fingerprint density at radius 2 is 0.718 bits per heavy atom. The number of rotatable bonds is 30. The highest BCUT2D eigenvalue weighted by Crippen LogP contribution is 2.18. The monoisotopic (exact) mass is 543 g/mol. The summed E-state index contributed by atoms with van der Waals surface area (Å²) in [6.07, 6.45) is 45.9. The fraction of sp³-hybridized carbons (Fsp3) is 0.868. The standard InChI is InChI=1S/C38H72N/c1-4-7-10-13-16-19-22-25-28-31-37-33-35-39(34-30-27-24-21-18-15-12-9-6-3)36-38(37)32-29-26-23-20-17-14-11-8-5-2/h33,35-36H,4-32,34H2,1-3H3/q+1. The van der Waals surface area contributed by atoms with Gasteiger partial charge in [-0.3, -0.25) is 0 Å². The number of hydrogen-bond acceptors (Lipinski definition) is 0. The maximum absolute atomic E-state index is 2.54. The fourth-order valence-corrected chi connectivity index (χ4v) is 6.08. The van der Waals surface area contributed by atoms with Crippen molar-refractivity contribution in [3.05, 3.63) is 29.6 Å². The highest BCUT2D eigenvalue weighted by atomic mass is 14.9. The van der Waals surface area contributed by atoms with E-state index in [1.165, 1.54) is 193 Å². The van der Waals surface area contributed by atoms with Crippen molar-refractivity contribution in [3.63, 3.8) is 0 Å². The maximum atomic E-state index is 2.54. The lowest BCUT2D eigenvalue weighted by atomic mass is 9.97. The number of nitrogens with zero attached hydrogens (tertiary/aromatic N) is 1. The summed E-state index contributed by atoms with van der Waals surface area (Å²) in [5.74, 6) is 0. The lowest BCUT2D eigenvalue weighted by molar-refractivity contribution is -0.697. The number of pyridine rings is 1. The van der Waals surface area contributed by atoms with Crippen molar-refractivity contribution in [2.24, 2.45) is 0 Å². The molecule has 1 heteroatoms. The average Bonchev–Trinajstić information content (AvgIpc) is 2.95. The zero-order valence-electron chi connectivity index (χ0n) is 27.4. The van der Waals surface area contributed by atoms with Crippen LogP contribution in [0.2, 0.25) is 0 Å². The van der Waals surface area contributed by atoms with Crippen LogP contribution in [0.5, 0.6) is 0 Å². The lowest BCUT2D eigenvalue weighted by Gasteiger charge is -2.10. The van der Waals surface area contributed by atoms with Crippen LogP contribution in [-0.2, 0) is 19.4 Å². The number of aromatic nitrogens is 1. The van der Waals surface area contributed by atoms with Crippen LogP contribution in [0, 0.1) is 0 Å². The molecule has 1 rings (SSSR count). The molecular weight excluding hydrogens is 470 g/mol. The third kappa shape index (κ3) is 22.5. The molecule has 0 aliphatic carbocycles. The second kappa shape index (κ2) is 28.7. The molecule has 0 saturated carbocycles. The van der Waals surface area contributed by atoms with Gasteiger partial charge >= 0.3 is 0 Å². The number of unbranched alkanes of at least 4 members (excludes halogenated alkanes) is 24. The van der Waals surface area contributed by atoms with Gasteiger partial charge in [-0.25, -0.2) is 4.57 Å². The first-order valence-corrected chi connectivity index (χ1v) is 18.3. The molecule has 1 heterocycles. The van der Waals surface area contributed by atoms with Gasteiger partial charge in [-0.15, -0.1) is 0 Å². The fourth-order valence-electron chi connectivity index (χ4n) is 6.08. The molecule has 0 bridgehead atoms. The smallest absolute Gasteiger partial charge is 0.172 e. The summed E-state index contributed by atoms with van der Waals surface area (Å²) in [4.78, 5) is 0. The van der Waals surface area contributed by atoms with E-state index in [0.717, 1.165) is 0 Å². The summed E-state index contributed by atoms with van der Waals surface area (Å²) in [7, 11) is 0. The quantitative estimate of drug-likeness (QED) is 0.0672. The maximum Gasteiger partial charge on any atom is 0.172 e. The van der Waals surface area contributed by atoms with E-state index in [-0.39, 0.29) is 0 Å². The average molecular weight is 543 g/mol. The first-order chi connectivity index (χ1) is 19.3. The molecule has 0 N–H and O–H groups in total. The predicted octanol–water partition coefficient (Wildman–Crippen LogP) is 12.7. The summed E-state index contributed by atoms with van der Waals surface area (Å²) >= 11 is 0. The van der Waals surface area contributed by atoms with E-state index in [1.54, 1.807) is 11.1 Å². The van der Waals surface area contributed by atoms with Crippen LogP contribution in [0.25, 0.3) is 0 Å². The minimum Gasteiger partial charge on any atom is -0.205 e. The lowest BCUT2D eigenvalue weighted by Crippen LogP contribution is -2.34. The van der Waals surface area contributed by atoms with Gasteiger partial charge in [0, 0.05) is 18.1 Å². The Bertz CT molecular complexity index is 621. The van der Waals surface area contributed by atoms with Gasteiger partial charge in [0.25, 0.3) is 0 Å². The van der Waals surface area contributed by atoms with Crippen molar-refractivity contribution in [1.29, 1.82) is 0 Å². The highest BCUT2D eigenvalue weighted by molar-refractivity contribution is 5.21. The molecule has 0 radical (unpaired) electrons. The Morgan fingerprint density at radius 1 is 0.385 bits per heavy atom. The Balaban J connectivity index is 2.38. The number of hydrogen-bond donors (Lipinski definition) is 0. The molecule has 0 atom stereocenters. The van der Waals surface area contributed by atoms with Gasteiger partial charge < -0.3 is 0 Å². The van der Waals surface area contributed by atoms with Crippen molar-refractivity contribution in [2.45, 2.75) is 214 Å². The van der Waals surface area contributed by atoms with Crippen LogP contribution < -0.4 is 4.57 Å². The Hall–Kier alpha value is -0.850. The molecule has 39 heavy (non-hydrogen) atoms. The van der Waals surface area contributed by atoms with Crippen molar-refractivity contribution in [2.75, 3.05) is 0 Å². The molecule has 0 saturated heterocycles. The van der Waals surface area contributed by atoms with Crippen LogP contribution in [0.4, 0.5) is 0 Å². The summed E-state index contributed by atoms with van der Waals surface area (Å²) in [6, 6.07) is 2.49. The molecular formula is C38H72N+. The van der Waals surface area contributed by atoms with Gasteiger partial charge in [-0.2, -0.15) is 0 Å². The second-order valence-electron chi connectivity index (χ2n) is 12.7. The largest absolute Gasteiger partial charge is 0.205 e. The molecule has 1 aromatic rings. The van der Waals surface area contributed by atoms with Crippen LogP contribution in [-0.4, -0.2) is 0 Å². The Labute approximate surface area is 247 Å². The first kappa shape index (κ1) is 36.2. The zero-order chi connectivity index (χ0) is 28.1. The molecule has 0 aromatic carbocycles. The second-order valence-corrected chi connectivity index (χ2v) is 12.7. The van der Waals surface area contributed by atoms with Gasteiger partial charge in [0.15, 0.2) is 12.4 Å². The van der Waals surface area contributed by atoms with Gasteiger partial charge in [-0.1, -0.05) is 168 Å². The van der Waals surface area contributed by atoms with Crippen LogP contribution in [0.15, 0.2) is 18.5 Å². The molecule has 0 amide bonds. The third-order valence-corrected chi connectivity index (χ3v) is 8.82. The highest BCUT2D eigenvalue weighted by Gasteiger charge is 2.10. The molecule has 1 aromatic heterocycles. The molecule has 1 nitrogen and oxygen atoms in total. The summed E-state index contributed by atoms with van der Waals surface area (Å²) in [6.45, 7) is 8.14. The van der Waals surface area contributed by atoms with Crippen molar-refractivity contribution < 1.29 is 4.57 Å². The SMILES string of the molecule is CCCCCCCCCCCc1cc[n+](CCCCCCCCCCC)cc1CCCCCCCCCCC.